The maximum Gasteiger partial charge on any atom is 0.244 e. The third-order valence-electron chi connectivity index (χ3n) is 3.35. The highest BCUT2D eigenvalue weighted by molar-refractivity contribution is 5.91. The summed E-state index contributed by atoms with van der Waals surface area (Å²) in [5.41, 5.74) is 1.77. The molecule has 0 radical (unpaired) electrons. The van der Waals surface area contributed by atoms with Gasteiger partial charge in [0.05, 0.1) is 18.0 Å². The maximum absolute atomic E-state index is 12.2. The zero-order chi connectivity index (χ0) is 15.9. The van der Waals surface area contributed by atoms with E-state index in [4.69, 9.17) is 4.42 Å². The molecule has 1 N–H and O–H groups in total. The molecule has 0 aliphatic carbocycles. The van der Waals surface area contributed by atoms with Gasteiger partial charge in [0.15, 0.2) is 0 Å². The summed E-state index contributed by atoms with van der Waals surface area (Å²) in [6.07, 6.45) is 6.38. The number of pyridine rings is 1. The smallest absolute Gasteiger partial charge is 0.244 e. The highest BCUT2D eigenvalue weighted by atomic mass is 16.3. The summed E-state index contributed by atoms with van der Waals surface area (Å²) in [6.45, 7) is 0. The minimum atomic E-state index is -0.300. The summed E-state index contributed by atoms with van der Waals surface area (Å²) in [4.78, 5) is 16.6. The van der Waals surface area contributed by atoms with Crippen LogP contribution in [0.25, 0.3) is 6.08 Å². The van der Waals surface area contributed by atoms with Gasteiger partial charge in [0.1, 0.15) is 5.76 Å². The second-order valence-electron chi connectivity index (χ2n) is 4.96. The molecule has 0 aliphatic rings. The Morgan fingerprint density at radius 3 is 2.57 bits per heavy atom. The summed E-state index contributed by atoms with van der Waals surface area (Å²) in [6, 6.07) is 18.7. The Balaban J connectivity index is 1.80. The molecular formula is C19H16N2O2. The van der Waals surface area contributed by atoms with Gasteiger partial charge in [-0.3, -0.25) is 9.78 Å². The van der Waals surface area contributed by atoms with Gasteiger partial charge >= 0.3 is 0 Å². The van der Waals surface area contributed by atoms with E-state index in [0.29, 0.717) is 5.76 Å². The average Bonchev–Trinajstić information content (AvgIpc) is 3.13. The zero-order valence-electron chi connectivity index (χ0n) is 12.4. The van der Waals surface area contributed by atoms with Crippen molar-refractivity contribution in [3.05, 3.63) is 96.2 Å². The summed E-state index contributed by atoms with van der Waals surface area (Å²) < 4.78 is 5.18. The minimum absolute atomic E-state index is 0.207. The van der Waals surface area contributed by atoms with Crippen LogP contribution in [-0.2, 0) is 4.79 Å². The van der Waals surface area contributed by atoms with Crippen molar-refractivity contribution in [3.63, 3.8) is 0 Å². The molecule has 1 aromatic carbocycles. The number of carbonyl (C=O) groups is 1. The topological polar surface area (TPSA) is 55.1 Å². The maximum atomic E-state index is 12.2. The lowest BCUT2D eigenvalue weighted by molar-refractivity contribution is -0.116. The number of furan rings is 1. The average molecular weight is 304 g/mol. The molecule has 23 heavy (non-hydrogen) atoms. The number of hydrogen-bond donors (Lipinski definition) is 1. The van der Waals surface area contributed by atoms with E-state index in [9.17, 15) is 4.79 Å². The highest BCUT2D eigenvalue weighted by Gasteiger charge is 2.16. The summed E-state index contributed by atoms with van der Waals surface area (Å²) in [5.74, 6) is 0.426. The van der Waals surface area contributed by atoms with Crippen LogP contribution in [-0.4, -0.2) is 10.9 Å². The van der Waals surface area contributed by atoms with Gasteiger partial charge in [-0.05, 0) is 35.9 Å². The molecule has 114 valence electrons. The number of aromatic nitrogens is 1. The van der Waals surface area contributed by atoms with E-state index >= 15 is 0 Å². The third-order valence-corrected chi connectivity index (χ3v) is 3.35. The normalized spacial score (nSPS) is 12.2. The molecule has 0 saturated heterocycles. The number of amides is 1. The lowest BCUT2D eigenvalue weighted by atomic mass is 10.0. The van der Waals surface area contributed by atoms with Gasteiger partial charge in [-0.1, -0.05) is 36.4 Å². The van der Waals surface area contributed by atoms with Crippen molar-refractivity contribution >= 4 is 12.0 Å². The van der Waals surface area contributed by atoms with Crippen molar-refractivity contribution in [3.8, 4) is 0 Å². The van der Waals surface area contributed by atoms with E-state index < -0.39 is 0 Å². The Morgan fingerprint density at radius 1 is 1.04 bits per heavy atom. The van der Waals surface area contributed by atoms with Gasteiger partial charge < -0.3 is 9.73 Å². The molecule has 3 aromatic rings. The molecule has 1 atom stereocenters. The fourth-order valence-electron chi connectivity index (χ4n) is 2.25. The van der Waals surface area contributed by atoms with E-state index in [1.807, 2.05) is 48.5 Å². The standard InChI is InChI=1S/C19H16N2O2/c22-18(12-11-16-9-6-14-23-16)21-19(15-7-2-1-3-8-15)17-10-4-5-13-20-17/h1-14,19H,(H,21,22)/b12-11+. The number of hydrogen-bond acceptors (Lipinski definition) is 3. The molecule has 0 fully saturated rings. The van der Waals surface area contributed by atoms with Crippen molar-refractivity contribution in [2.45, 2.75) is 6.04 Å². The molecule has 0 saturated carbocycles. The first-order valence-electron chi connectivity index (χ1n) is 7.31. The molecule has 0 spiro atoms. The number of carbonyl (C=O) groups excluding carboxylic acids is 1. The number of nitrogens with one attached hydrogen (secondary N) is 1. The van der Waals surface area contributed by atoms with Crippen LogP contribution in [0.15, 0.2) is 83.6 Å². The first-order valence-corrected chi connectivity index (χ1v) is 7.31. The first-order chi connectivity index (χ1) is 11.3. The SMILES string of the molecule is O=C(/C=C/c1ccco1)NC(c1ccccc1)c1ccccn1. The van der Waals surface area contributed by atoms with Crippen molar-refractivity contribution < 1.29 is 9.21 Å². The van der Waals surface area contributed by atoms with Crippen LogP contribution in [0.3, 0.4) is 0 Å². The van der Waals surface area contributed by atoms with Gasteiger partial charge in [-0.2, -0.15) is 0 Å². The number of nitrogens with zero attached hydrogens (tertiary/aromatic N) is 1. The zero-order valence-corrected chi connectivity index (χ0v) is 12.4. The van der Waals surface area contributed by atoms with E-state index in [-0.39, 0.29) is 11.9 Å². The van der Waals surface area contributed by atoms with Crippen LogP contribution in [0.2, 0.25) is 0 Å². The highest BCUT2D eigenvalue weighted by Crippen LogP contribution is 2.19. The van der Waals surface area contributed by atoms with Crippen LogP contribution in [0.5, 0.6) is 0 Å². The van der Waals surface area contributed by atoms with Crippen LogP contribution < -0.4 is 5.32 Å². The molecule has 0 bridgehead atoms. The molecule has 1 unspecified atom stereocenters. The lowest BCUT2D eigenvalue weighted by Crippen LogP contribution is -2.28. The monoisotopic (exact) mass is 304 g/mol. The van der Waals surface area contributed by atoms with Gasteiger partial charge in [-0.25, -0.2) is 0 Å². The number of benzene rings is 1. The van der Waals surface area contributed by atoms with Crippen LogP contribution in [0.4, 0.5) is 0 Å². The summed E-state index contributed by atoms with van der Waals surface area (Å²) in [7, 11) is 0. The Hall–Kier alpha value is -3.14. The Labute approximate surface area is 134 Å². The second kappa shape index (κ2) is 7.22. The summed E-state index contributed by atoms with van der Waals surface area (Å²) in [5, 5.41) is 2.98. The van der Waals surface area contributed by atoms with Gasteiger partial charge in [0.2, 0.25) is 5.91 Å². The van der Waals surface area contributed by atoms with E-state index in [2.05, 4.69) is 10.3 Å². The van der Waals surface area contributed by atoms with E-state index in [1.165, 1.54) is 6.08 Å². The molecule has 4 nitrogen and oxygen atoms in total. The summed E-state index contributed by atoms with van der Waals surface area (Å²) >= 11 is 0. The fraction of sp³-hybridized carbons (Fsp3) is 0.0526. The van der Waals surface area contributed by atoms with Crippen molar-refractivity contribution in [2.75, 3.05) is 0 Å². The molecule has 0 aliphatic heterocycles. The van der Waals surface area contributed by atoms with E-state index in [0.717, 1.165) is 11.3 Å². The minimum Gasteiger partial charge on any atom is -0.465 e. The molecule has 3 rings (SSSR count). The van der Waals surface area contributed by atoms with Crippen molar-refractivity contribution in [2.24, 2.45) is 0 Å². The predicted molar refractivity (Wildman–Crippen MR) is 88.4 cm³/mol. The van der Waals surface area contributed by atoms with Crippen LogP contribution in [0.1, 0.15) is 23.1 Å². The molecule has 1 amide bonds. The van der Waals surface area contributed by atoms with Crippen LogP contribution >= 0.6 is 0 Å². The fourth-order valence-corrected chi connectivity index (χ4v) is 2.25. The van der Waals surface area contributed by atoms with Gasteiger partial charge in [-0.15, -0.1) is 0 Å². The Morgan fingerprint density at radius 2 is 1.87 bits per heavy atom. The molecule has 2 heterocycles. The lowest BCUT2D eigenvalue weighted by Gasteiger charge is -2.17. The Bertz CT molecular complexity index is 726. The largest absolute Gasteiger partial charge is 0.465 e. The van der Waals surface area contributed by atoms with Crippen molar-refractivity contribution in [1.82, 2.24) is 10.3 Å². The van der Waals surface area contributed by atoms with Crippen molar-refractivity contribution in [1.29, 1.82) is 0 Å². The van der Waals surface area contributed by atoms with Crippen LogP contribution in [0, 0.1) is 0 Å². The van der Waals surface area contributed by atoms with E-state index in [1.54, 1.807) is 30.7 Å². The van der Waals surface area contributed by atoms with Gasteiger partial charge in [0, 0.05) is 12.3 Å². The third kappa shape index (κ3) is 3.95. The van der Waals surface area contributed by atoms with Gasteiger partial charge in [0.25, 0.3) is 0 Å². The second-order valence-corrected chi connectivity index (χ2v) is 4.96. The molecule has 4 heteroatoms. The first kappa shape index (κ1) is 14.8. The predicted octanol–water partition coefficient (Wildman–Crippen LogP) is 3.59. The quantitative estimate of drug-likeness (QED) is 0.733. The Kier molecular flexibility index (Phi) is 4.64. The molecular weight excluding hydrogens is 288 g/mol. The molecule has 2 aromatic heterocycles. The number of rotatable bonds is 5.